The zero-order valence-corrected chi connectivity index (χ0v) is 23.4. The largest absolute Gasteiger partial charge is 0.368 e. The van der Waals surface area contributed by atoms with Gasteiger partial charge in [0.25, 0.3) is 0 Å². The van der Waals surface area contributed by atoms with Gasteiger partial charge in [0, 0.05) is 57.6 Å². The van der Waals surface area contributed by atoms with Crippen molar-refractivity contribution in [3.05, 3.63) is 36.3 Å². The molecule has 1 aliphatic rings. The van der Waals surface area contributed by atoms with E-state index >= 15 is 0 Å². The Morgan fingerprint density at radius 2 is 1.81 bits per heavy atom. The Labute approximate surface area is 221 Å². The molecule has 1 aliphatic heterocycles. The minimum atomic E-state index is 0.546. The van der Waals surface area contributed by atoms with Gasteiger partial charge in [-0.3, -0.25) is 4.79 Å². The molecule has 1 saturated heterocycles. The molecule has 4 rings (SSSR count). The summed E-state index contributed by atoms with van der Waals surface area (Å²) in [5, 5.41) is 7.46. The smallest absolute Gasteiger partial charge is 0.230 e. The Morgan fingerprint density at radius 3 is 2.41 bits per heavy atom. The summed E-state index contributed by atoms with van der Waals surface area (Å²) in [5.41, 5.74) is 3.06. The third kappa shape index (κ3) is 11.1. The average Bonchev–Trinajstić information content (AvgIpc) is 3.28. The number of piperazine rings is 1. The predicted octanol–water partition coefficient (Wildman–Crippen LogP) is 3.65. The Kier molecular flexibility index (Phi) is 13.4. The number of carbonyl (C=O) groups is 1. The fourth-order valence-corrected chi connectivity index (χ4v) is 3.62. The molecule has 0 bridgehead atoms. The van der Waals surface area contributed by atoms with Crippen molar-refractivity contribution < 1.29 is 4.79 Å². The first-order valence-corrected chi connectivity index (χ1v) is 13.2. The molecular weight excluding hydrogens is 466 g/mol. The number of hydrogen-bond donors (Lipinski definition) is 3. The third-order valence-electron chi connectivity index (χ3n) is 5.78. The lowest BCUT2D eigenvalue weighted by molar-refractivity contribution is -0.115. The Balaban J connectivity index is 0.000000309. The van der Waals surface area contributed by atoms with E-state index in [0.717, 1.165) is 67.4 Å². The van der Waals surface area contributed by atoms with E-state index in [1.54, 1.807) is 14.1 Å². The van der Waals surface area contributed by atoms with Gasteiger partial charge in [-0.25, -0.2) is 9.97 Å². The van der Waals surface area contributed by atoms with Crippen molar-refractivity contribution in [3.8, 4) is 0 Å². The summed E-state index contributed by atoms with van der Waals surface area (Å²) in [4.78, 5) is 32.1. The highest BCUT2D eigenvalue weighted by Gasteiger charge is 2.14. The minimum Gasteiger partial charge on any atom is -0.368 e. The van der Waals surface area contributed by atoms with Gasteiger partial charge in [-0.15, -0.1) is 0 Å². The van der Waals surface area contributed by atoms with Crippen LogP contribution < -0.4 is 15.5 Å². The fraction of sp³-hybridized carbons (Fsp3) is 0.556. The quantitative estimate of drug-likeness (QED) is 0.295. The number of aromatic nitrogens is 4. The second kappa shape index (κ2) is 16.5. The van der Waals surface area contributed by atoms with Crippen LogP contribution in [0.4, 0.5) is 17.5 Å². The van der Waals surface area contributed by atoms with E-state index in [1.807, 2.05) is 31.5 Å². The SMILES string of the molecule is CCCCCNCC.CN(C)C=O.Cc1cc2cnc(Nc3ccc(N4CCN(C)CC4)cn3)nc2[nH]1. The second-order valence-corrected chi connectivity index (χ2v) is 9.40. The fourth-order valence-electron chi connectivity index (χ4n) is 3.62. The van der Waals surface area contributed by atoms with Gasteiger partial charge < -0.3 is 30.3 Å². The molecular formula is C27H45N9O. The zero-order valence-electron chi connectivity index (χ0n) is 23.4. The van der Waals surface area contributed by atoms with Crippen molar-refractivity contribution in [2.45, 2.75) is 40.0 Å². The average molecular weight is 512 g/mol. The number of pyridine rings is 1. The summed E-state index contributed by atoms with van der Waals surface area (Å²) in [6.07, 6.45) is 8.50. The summed E-state index contributed by atoms with van der Waals surface area (Å²) in [6, 6.07) is 6.10. The maximum absolute atomic E-state index is 9.43. The molecule has 3 aromatic heterocycles. The maximum atomic E-state index is 9.43. The number of rotatable bonds is 9. The summed E-state index contributed by atoms with van der Waals surface area (Å²) >= 11 is 0. The number of fused-ring (bicyclic) bond motifs is 1. The molecule has 1 fully saturated rings. The van der Waals surface area contributed by atoms with Gasteiger partial charge in [0.2, 0.25) is 12.4 Å². The number of likely N-dealkylation sites (N-methyl/N-ethyl adjacent to an activating group) is 1. The van der Waals surface area contributed by atoms with E-state index in [1.165, 1.54) is 30.7 Å². The van der Waals surface area contributed by atoms with Crippen LogP contribution in [-0.2, 0) is 4.79 Å². The number of anilines is 3. The van der Waals surface area contributed by atoms with Crippen molar-refractivity contribution in [1.29, 1.82) is 0 Å². The van der Waals surface area contributed by atoms with E-state index in [9.17, 15) is 4.79 Å². The van der Waals surface area contributed by atoms with Crippen LogP contribution in [0.2, 0.25) is 0 Å². The van der Waals surface area contributed by atoms with E-state index in [-0.39, 0.29) is 0 Å². The molecule has 204 valence electrons. The standard InChI is InChI=1S/C17H21N7.C7H17N.C3H7NO/c1-12-9-13-10-19-17(22-16(13)20-12)21-15-4-3-14(11-18-15)24-7-5-23(2)6-8-24;1-3-5-6-7-8-4-2;1-4(2)3-5/h3-4,9-11H,5-8H2,1-2H3,(H2,18,19,20,21,22);8H,3-7H2,1-2H3;3H,1-2H3. The topological polar surface area (TPSA) is 105 Å². The van der Waals surface area contributed by atoms with Crippen molar-refractivity contribution >= 4 is 34.9 Å². The maximum Gasteiger partial charge on any atom is 0.230 e. The lowest BCUT2D eigenvalue weighted by atomic mass is 10.2. The molecule has 37 heavy (non-hydrogen) atoms. The summed E-state index contributed by atoms with van der Waals surface area (Å²) in [5.74, 6) is 1.29. The number of amides is 1. The molecule has 3 aromatic rings. The van der Waals surface area contributed by atoms with Crippen LogP contribution in [0.1, 0.15) is 38.8 Å². The number of aromatic amines is 1. The molecule has 3 N–H and O–H groups in total. The third-order valence-corrected chi connectivity index (χ3v) is 5.78. The molecule has 10 heteroatoms. The van der Waals surface area contributed by atoms with Gasteiger partial charge >= 0.3 is 0 Å². The van der Waals surface area contributed by atoms with Gasteiger partial charge in [-0.2, -0.15) is 4.98 Å². The van der Waals surface area contributed by atoms with Gasteiger partial charge in [-0.1, -0.05) is 26.7 Å². The Bertz CT molecular complexity index is 1020. The molecule has 0 saturated carbocycles. The number of aryl methyl sites for hydroxylation is 1. The first-order chi connectivity index (χ1) is 17.9. The molecule has 0 spiro atoms. The monoisotopic (exact) mass is 511 g/mol. The predicted molar refractivity (Wildman–Crippen MR) is 154 cm³/mol. The molecule has 0 atom stereocenters. The van der Waals surface area contributed by atoms with E-state index < -0.39 is 0 Å². The van der Waals surface area contributed by atoms with Gasteiger partial charge in [0.15, 0.2) is 0 Å². The summed E-state index contributed by atoms with van der Waals surface area (Å²) in [7, 11) is 5.53. The Morgan fingerprint density at radius 1 is 1.08 bits per heavy atom. The number of hydrogen-bond acceptors (Lipinski definition) is 8. The molecule has 4 heterocycles. The normalized spacial score (nSPS) is 13.3. The van der Waals surface area contributed by atoms with Crippen molar-refractivity contribution in [3.63, 3.8) is 0 Å². The number of carbonyl (C=O) groups excluding carboxylic acids is 1. The highest BCUT2D eigenvalue weighted by atomic mass is 16.1. The van der Waals surface area contributed by atoms with Crippen LogP contribution in [0, 0.1) is 6.92 Å². The summed E-state index contributed by atoms with van der Waals surface area (Å²) in [6.45, 7) is 12.9. The molecule has 10 nitrogen and oxygen atoms in total. The first-order valence-electron chi connectivity index (χ1n) is 13.2. The van der Waals surface area contributed by atoms with Gasteiger partial charge in [0.05, 0.1) is 11.9 Å². The van der Waals surface area contributed by atoms with E-state index in [0.29, 0.717) is 5.95 Å². The van der Waals surface area contributed by atoms with E-state index in [4.69, 9.17) is 0 Å². The molecule has 0 aliphatic carbocycles. The zero-order chi connectivity index (χ0) is 27.0. The van der Waals surface area contributed by atoms with Crippen molar-refractivity contribution in [2.75, 3.05) is 70.6 Å². The molecule has 0 radical (unpaired) electrons. The molecule has 0 aromatic carbocycles. The number of unbranched alkanes of at least 4 members (excludes halogenated alkanes) is 2. The highest BCUT2D eigenvalue weighted by molar-refractivity contribution is 5.76. The first kappa shape index (κ1) is 30.0. The lowest BCUT2D eigenvalue weighted by Crippen LogP contribution is -2.44. The number of nitrogens with zero attached hydrogens (tertiary/aromatic N) is 6. The number of H-pyrrole nitrogens is 1. The van der Waals surface area contributed by atoms with Crippen LogP contribution in [-0.4, -0.2) is 96.6 Å². The van der Waals surface area contributed by atoms with E-state index in [2.05, 4.69) is 67.3 Å². The number of nitrogens with one attached hydrogen (secondary N) is 3. The highest BCUT2D eigenvalue weighted by Crippen LogP contribution is 2.19. The summed E-state index contributed by atoms with van der Waals surface area (Å²) < 4.78 is 0. The lowest BCUT2D eigenvalue weighted by Gasteiger charge is -2.33. The minimum absolute atomic E-state index is 0.546. The molecule has 0 unspecified atom stereocenters. The second-order valence-electron chi connectivity index (χ2n) is 9.40. The van der Waals surface area contributed by atoms with Gasteiger partial charge in [0.1, 0.15) is 11.5 Å². The van der Waals surface area contributed by atoms with Gasteiger partial charge in [-0.05, 0) is 51.7 Å². The van der Waals surface area contributed by atoms with Crippen molar-refractivity contribution in [2.24, 2.45) is 0 Å². The van der Waals surface area contributed by atoms with Crippen LogP contribution in [0.25, 0.3) is 11.0 Å². The van der Waals surface area contributed by atoms with Crippen LogP contribution in [0.3, 0.4) is 0 Å². The van der Waals surface area contributed by atoms with Crippen LogP contribution in [0.15, 0.2) is 30.6 Å². The van der Waals surface area contributed by atoms with Crippen LogP contribution in [0.5, 0.6) is 0 Å². The Hall–Kier alpha value is -3.24. The van der Waals surface area contributed by atoms with Crippen LogP contribution >= 0.6 is 0 Å². The van der Waals surface area contributed by atoms with Crippen molar-refractivity contribution in [1.82, 2.24) is 35.1 Å². The molecule has 1 amide bonds.